The summed E-state index contributed by atoms with van der Waals surface area (Å²) in [5.74, 6) is 1.59. The summed E-state index contributed by atoms with van der Waals surface area (Å²) in [6.45, 7) is 7.24. The number of benzene rings is 2. The molecule has 1 heteroatoms. The first-order valence-electron chi connectivity index (χ1n) is 10.3. The summed E-state index contributed by atoms with van der Waals surface area (Å²) in [6.07, 6.45) is 12.6. The van der Waals surface area contributed by atoms with Crippen molar-refractivity contribution < 1.29 is 4.74 Å². The van der Waals surface area contributed by atoms with E-state index >= 15 is 0 Å². The third-order valence-corrected chi connectivity index (χ3v) is 5.73. The molecule has 142 valence electrons. The van der Waals surface area contributed by atoms with E-state index in [9.17, 15) is 0 Å². The first-order chi connectivity index (χ1) is 13.3. The fraction of sp³-hybridized carbons (Fsp3) is 0.385. The van der Waals surface area contributed by atoms with E-state index in [0.717, 1.165) is 11.8 Å². The van der Waals surface area contributed by atoms with Crippen molar-refractivity contribution in [2.24, 2.45) is 5.92 Å². The Kier molecular flexibility index (Phi) is 7.47. The van der Waals surface area contributed by atoms with Crippen LogP contribution < -0.4 is 0 Å². The summed E-state index contributed by atoms with van der Waals surface area (Å²) in [6, 6.07) is 18.0. The first-order valence-corrected chi connectivity index (χ1v) is 10.3. The van der Waals surface area contributed by atoms with Crippen molar-refractivity contribution in [3.05, 3.63) is 84.5 Å². The lowest BCUT2D eigenvalue weighted by molar-refractivity contribution is 0.148. The maximum Gasteiger partial charge on any atom is 0.0721 e. The number of ether oxygens (including phenoxy) is 1. The highest BCUT2D eigenvalue weighted by Gasteiger charge is 2.21. The molecule has 1 aliphatic carbocycles. The van der Waals surface area contributed by atoms with Gasteiger partial charge in [-0.2, -0.15) is 0 Å². The van der Waals surface area contributed by atoms with Crippen molar-refractivity contribution in [2.75, 3.05) is 6.61 Å². The monoisotopic (exact) mass is 360 g/mol. The van der Waals surface area contributed by atoms with Gasteiger partial charge in [-0.1, -0.05) is 66.8 Å². The van der Waals surface area contributed by atoms with Crippen LogP contribution in [-0.4, -0.2) is 6.61 Å². The predicted molar refractivity (Wildman–Crippen MR) is 116 cm³/mol. The van der Waals surface area contributed by atoms with Crippen LogP contribution in [0.25, 0.3) is 11.1 Å². The average Bonchev–Trinajstić information content (AvgIpc) is 2.73. The summed E-state index contributed by atoms with van der Waals surface area (Å²) in [7, 11) is 0. The van der Waals surface area contributed by atoms with E-state index in [-0.39, 0.29) is 0 Å². The molecule has 0 unspecified atom stereocenters. The number of rotatable bonds is 8. The van der Waals surface area contributed by atoms with Crippen molar-refractivity contribution >= 4 is 0 Å². The van der Waals surface area contributed by atoms with Crippen molar-refractivity contribution in [3.8, 4) is 11.1 Å². The van der Waals surface area contributed by atoms with E-state index in [1.54, 1.807) is 0 Å². The topological polar surface area (TPSA) is 9.23 Å². The zero-order chi connectivity index (χ0) is 18.9. The van der Waals surface area contributed by atoms with Crippen molar-refractivity contribution in [1.29, 1.82) is 0 Å². The molecule has 1 nitrogen and oxygen atoms in total. The van der Waals surface area contributed by atoms with Gasteiger partial charge in [-0.15, -0.1) is 6.58 Å². The van der Waals surface area contributed by atoms with E-state index in [0.29, 0.717) is 13.2 Å². The Morgan fingerprint density at radius 2 is 1.56 bits per heavy atom. The minimum Gasteiger partial charge on any atom is -0.373 e. The lowest BCUT2D eigenvalue weighted by Crippen LogP contribution is -2.12. The smallest absolute Gasteiger partial charge is 0.0721 e. The van der Waals surface area contributed by atoms with Gasteiger partial charge >= 0.3 is 0 Å². The van der Waals surface area contributed by atoms with Crippen LogP contribution >= 0.6 is 0 Å². The predicted octanol–water partition coefficient (Wildman–Crippen LogP) is 7.30. The van der Waals surface area contributed by atoms with Crippen molar-refractivity contribution in [3.63, 3.8) is 0 Å². The zero-order valence-electron chi connectivity index (χ0n) is 16.6. The normalized spacial score (nSPS) is 20.0. The van der Waals surface area contributed by atoms with Gasteiger partial charge in [0.15, 0.2) is 0 Å². The highest BCUT2D eigenvalue weighted by atomic mass is 16.5. The van der Waals surface area contributed by atoms with Gasteiger partial charge < -0.3 is 4.74 Å². The molecule has 0 aromatic heterocycles. The van der Waals surface area contributed by atoms with Crippen LogP contribution in [-0.2, 0) is 11.3 Å². The Balaban J connectivity index is 1.56. The summed E-state index contributed by atoms with van der Waals surface area (Å²) < 4.78 is 5.62. The molecule has 3 rings (SSSR count). The van der Waals surface area contributed by atoms with Crippen LogP contribution in [0.3, 0.4) is 0 Å². The standard InChI is InChI=1S/C26H32O/c1-3-5-19-27-20-22-9-13-24(14-10-22)26-17-15-25(16-18-26)23-11-7-21(6-4-2)8-12-23/h3-5,9-10,13-18,21,23H,2,6-8,11-12,19-20H2,1H3/b5-3+/t21-,23-. The van der Waals surface area contributed by atoms with E-state index in [1.165, 1.54) is 54.4 Å². The van der Waals surface area contributed by atoms with Gasteiger partial charge in [0.2, 0.25) is 0 Å². The highest BCUT2D eigenvalue weighted by molar-refractivity contribution is 5.64. The van der Waals surface area contributed by atoms with Crippen LogP contribution in [0.2, 0.25) is 0 Å². The Hall–Kier alpha value is -2.12. The fourth-order valence-electron chi connectivity index (χ4n) is 4.05. The van der Waals surface area contributed by atoms with E-state index in [2.05, 4.69) is 61.2 Å². The quantitative estimate of drug-likeness (QED) is 0.354. The maximum absolute atomic E-state index is 5.62. The van der Waals surface area contributed by atoms with Gasteiger partial charge in [-0.3, -0.25) is 0 Å². The van der Waals surface area contributed by atoms with Crippen molar-refractivity contribution in [1.82, 2.24) is 0 Å². The SMILES string of the molecule is C=CC[C@H]1CC[C@H](c2ccc(-c3ccc(COC/C=C/C)cc3)cc2)CC1. The summed E-state index contributed by atoms with van der Waals surface area (Å²) >= 11 is 0. The molecule has 27 heavy (non-hydrogen) atoms. The van der Waals surface area contributed by atoms with Crippen LogP contribution in [0.4, 0.5) is 0 Å². The van der Waals surface area contributed by atoms with Crippen LogP contribution in [0, 0.1) is 5.92 Å². The molecule has 0 radical (unpaired) electrons. The fourth-order valence-corrected chi connectivity index (χ4v) is 4.05. The molecule has 0 heterocycles. The molecule has 2 aromatic carbocycles. The number of hydrogen-bond donors (Lipinski definition) is 0. The van der Waals surface area contributed by atoms with E-state index in [4.69, 9.17) is 4.74 Å². The van der Waals surface area contributed by atoms with Gasteiger partial charge in [0.1, 0.15) is 0 Å². The number of allylic oxidation sites excluding steroid dienone is 2. The largest absolute Gasteiger partial charge is 0.373 e. The molecule has 1 aliphatic rings. The Bertz CT molecular complexity index is 716. The molecule has 0 amide bonds. The lowest BCUT2D eigenvalue weighted by Gasteiger charge is -2.28. The molecular formula is C26H32O. The summed E-state index contributed by atoms with van der Waals surface area (Å²) in [4.78, 5) is 0. The molecule has 1 fully saturated rings. The second-order valence-corrected chi connectivity index (χ2v) is 7.65. The average molecular weight is 361 g/mol. The molecule has 0 spiro atoms. The minimum absolute atomic E-state index is 0.665. The molecule has 0 aliphatic heterocycles. The Morgan fingerprint density at radius 1 is 0.926 bits per heavy atom. The highest BCUT2D eigenvalue weighted by Crippen LogP contribution is 2.37. The minimum atomic E-state index is 0.665. The first kappa shape index (κ1) is 19.6. The Morgan fingerprint density at radius 3 is 2.15 bits per heavy atom. The van der Waals surface area contributed by atoms with E-state index < -0.39 is 0 Å². The van der Waals surface area contributed by atoms with Crippen LogP contribution in [0.15, 0.2) is 73.3 Å². The van der Waals surface area contributed by atoms with E-state index in [1.807, 2.05) is 19.1 Å². The molecule has 2 aromatic rings. The number of hydrogen-bond acceptors (Lipinski definition) is 1. The summed E-state index contributed by atoms with van der Waals surface area (Å²) in [5.41, 5.74) is 5.29. The third kappa shape index (κ3) is 5.68. The second kappa shape index (κ2) is 10.3. The van der Waals surface area contributed by atoms with Gasteiger partial charge in [-0.05, 0) is 73.1 Å². The van der Waals surface area contributed by atoms with Gasteiger partial charge in [-0.25, -0.2) is 0 Å². The third-order valence-electron chi connectivity index (χ3n) is 5.73. The zero-order valence-corrected chi connectivity index (χ0v) is 16.6. The second-order valence-electron chi connectivity index (χ2n) is 7.65. The van der Waals surface area contributed by atoms with Crippen molar-refractivity contribution in [2.45, 2.75) is 51.6 Å². The molecule has 0 saturated heterocycles. The van der Waals surface area contributed by atoms with Gasteiger partial charge in [0, 0.05) is 0 Å². The lowest BCUT2D eigenvalue weighted by atomic mass is 9.77. The molecule has 0 atom stereocenters. The molecule has 0 bridgehead atoms. The van der Waals surface area contributed by atoms with Gasteiger partial charge in [0.25, 0.3) is 0 Å². The molecule has 1 saturated carbocycles. The maximum atomic E-state index is 5.62. The summed E-state index contributed by atoms with van der Waals surface area (Å²) in [5, 5.41) is 0. The molecular weight excluding hydrogens is 328 g/mol. The van der Waals surface area contributed by atoms with Crippen LogP contribution in [0.1, 0.15) is 56.1 Å². The Labute approximate surface area is 164 Å². The molecule has 0 N–H and O–H groups in total. The van der Waals surface area contributed by atoms with Crippen LogP contribution in [0.5, 0.6) is 0 Å². The van der Waals surface area contributed by atoms with Gasteiger partial charge in [0.05, 0.1) is 13.2 Å².